The SMILES string of the molecule is O=COC(=O)/C(=C/c1cccc(OCCCN2CCCCC2)c1)c1cccnc1. The van der Waals surface area contributed by atoms with E-state index in [0.29, 0.717) is 12.2 Å². The van der Waals surface area contributed by atoms with E-state index in [4.69, 9.17) is 4.74 Å². The van der Waals surface area contributed by atoms with Crippen molar-refractivity contribution in [1.29, 1.82) is 0 Å². The first kappa shape index (κ1) is 20.7. The first-order valence-electron chi connectivity index (χ1n) is 9.98. The lowest BCUT2D eigenvalue weighted by atomic mass is 10.0. The van der Waals surface area contributed by atoms with Gasteiger partial charge in [-0.2, -0.15) is 0 Å². The van der Waals surface area contributed by atoms with Crippen molar-refractivity contribution in [2.24, 2.45) is 0 Å². The Balaban J connectivity index is 1.64. The minimum atomic E-state index is -0.721. The molecule has 1 aromatic heterocycles. The van der Waals surface area contributed by atoms with Gasteiger partial charge in [-0.05, 0) is 62.2 Å². The Hall–Kier alpha value is -2.99. The number of esters is 1. The molecule has 152 valence electrons. The topological polar surface area (TPSA) is 68.7 Å². The molecule has 0 spiro atoms. The summed E-state index contributed by atoms with van der Waals surface area (Å²) >= 11 is 0. The summed E-state index contributed by atoms with van der Waals surface area (Å²) < 4.78 is 10.4. The zero-order valence-corrected chi connectivity index (χ0v) is 16.5. The predicted octanol–water partition coefficient (Wildman–Crippen LogP) is 3.58. The highest BCUT2D eigenvalue weighted by Gasteiger charge is 2.14. The second-order valence-corrected chi connectivity index (χ2v) is 6.98. The van der Waals surface area contributed by atoms with Gasteiger partial charge in [-0.25, -0.2) is 4.79 Å². The summed E-state index contributed by atoms with van der Waals surface area (Å²) in [6, 6.07) is 11.0. The van der Waals surface area contributed by atoms with E-state index in [2.05, 4.69) is 14.6 Å². The van der Waals surface area contributed by atoms with Crippen LogP contribution >= 0.6 is 0 Å². The molecule has 1 saturated heterocycles. The van der Waals surface area contributed by atoms with Crippen LogP contribution in [0.2, 0.25) is 0 Å². The summed E-state index contributed by atoms with van der Waals surface area (Å²) in [5.74, 6) is 0.0209. The van der Waals surface area contributed by atoms with E-state index in [1.54, 1.807) is 30.6 Å². The summed E-state index contributed by atoms with van der Waals surface area (Å²) in [4.78, 5) is 29.3. The number of hydrogen-bond acceptors (Lipinski definition) is 6. The lowest BCUT2D eigenvalue weighted by Crippen LogP contribution is -2.31. The van der Waals surface area contributed by atoms with Crippen molar-refractivity contribution in [2.45, 2.75) is 25.7 Å². The molecule has 1 aromatic carbocycles. The second-order valence-electron chi connectivity index (χ2n) is 6.98. The number of aromatic nitrogens is 1. The zero-order chi connectivity index (χ0) is 20.3. The van der Waals surface area contributed by atoms with Crippen molar-refractivity contribution in [2.75, 3.05) is 26.2 Å². The van der Waals surface area contributed by atoms with Crippen molar-refractivity contribution in [3.63, 3.8) is 0 Å². The molecule has 6 nitrogen and oxygen atoms in total. The molecule has 0 radical (unpaired) electrons. The van der Waals surface area contributed by atoms with Gasteiger partial charge in [-0.1, -0.05) is 24.6 Å². The summed E-state index contributed by atoms with van der Waals surface area (Å²) in [6.45, 7) is 4.21. The molecule has 0 aliphatic carbocycles. The number of piperidine rings is 1. The van der Waals surface area contributed by atoms with Crippen LogP contribution in [-0.2, 0) is 14.3 Å². The Labute approximate surface area is 171 Å². The molecule has 2 heterocycles. The average Bonchev–Trinajstić information content (AvgIpc) is 2.77. The second kappa shape index (κ2) is 11.1. The van der Waals surface area contributed by atoms with Crippen LogP contribution in [0.1, 0.15) is 36.8 Å². The first-order chi connectivity index (χ1) is 14.3. The summed E-state index contributed by atoms with van der Waals surface area (Å²) in [5, 5.41) is 0. The van der Waals surface area contributed by atoms with E-state index >= 15 is 0 Å². The molecule has 0 unspecified atom stereocenters. The van der Waals surface area contributed by atoms with Gasteiger partial charge < -0.3 is 14.4 Å². The number of ether oxygens (including phenoxy) is 2. The number of carbonyl (C=O) groups excluding carboxylic acids is 2. The Morgan fingerprint density at radius 3 is 2.76 bits per heavy atom. The summed E-state index contributed by atoms with van der Waals surface area (Å²) in [7, 11) is 0. The normalized spacial score (nSPS) is 15.0. The highest BCUT2D eigenvalue weighted by molar-refractivity contribution is 6.22. The van der Waals surface area contributed by atoms with Crippen LogP contribution in [0.4, 0.5) is 0 Å². The van der Waals surface area contributed by atoms with Gasteiger partial charge in [-0.15, -0.1) is 0 Å². The summed E-state index contributed by atoms with van der Waals surface area (Å²) in [6.07, 6.45) is 9.75. The molecule has 1 aliphatic rings. The molecule has 1 fully saturated rings. The predicted molar refractivity (Wildman–Crippen MR) is 111 cm³/mol. The number of nitrogens with zero attached hydrogens (tertiary/aromatic N) is 2. The number of carbonyl (C=O) groups is 2. The van der Waals surface area contributed by atoms with Gasteiger partial charge in [0.2, 0.25) is 0 Å². The standard InChI is InChI=1S/C23H26N2O4/c26-18-29-23(27)22(20-8-5-10-24-17-20)16-19-7-4-9-21(15-19)28-14-6-13-25-11-2-1-3-12-25/h4-5,7-10,15-18H,1-3,6,11-14H2/b22-16+. The Kier molecular flexibility index (Phi) is 7.95. The third-order valence-electron chi connectivity index (χ3n) is 4.85. The minimum Gasteiger partial charge on any atom is -0.494 e. The molecule has 0 saturated carbocycles. The molecule has 29 heavy (non-hydrogen) atoms. The molecule has 1 aliphatic heterocycles. The lowest BCUT2D eigenvalue weighted by Gasteiger charge is -2.26. The van der Waals surface area contributed by atoms with Crippen LogP contribution in [0.15, 0.2) is 48.8 Å². The molecule has 0 amide bonds. The molecular formula is C23H26N2O4. The molecule has 0 atom stereocenters. The highest BCUT2D eigenvalue weighted by atomic mass is 16.6. The van der Waals surface area contributed by atoms with Crippen LogP contribution in [-0.4, -0.2) is 48.6 Å². The van der Waals surface area contributed by atoms with Crippen LogP contribution in [0.3, 0.4) is 0 Å². The largest absolute Gasteiger partial charge is 0.494 e. The van der Waals surface area contributed by atoms with Crippen molar-refractivity contribution in [3.05, 3.63) is 59.9 Å². The smallest absolute Gasteiger partial charge is 0.346 e. The Morgan fingerprint density at radius 2 is 2.00 bits per heavy atom. The van der Waals surface area contributed by atoms with Gasteiger partial charge in [0.25, 0.3) is 0 Å². The first-order valence-corrected chi connectivity index (χ1v) is 9.98. The van der Waals surface area contributed by atoms with E-state index in [0.717, 1.165) is 24.3 Å². The Morgan fingerprint density at radius 1 is 1.14 bits per heavy atom. The fourth-order valence-electron chi connectivity index (χ4n) is 3.41. The van der Waals surface area contributed by atoms with Crippen molar-refractivity contribution < 1.29 is 19.1 Å². The van der Waals surface area contributed by atoms with Crippen molar-refractivity contribution in [1.82, 2.24) is 9.88 Å². The van der Waals surface area contributed by atoms with E-state index < -0.39 is 5.97 Å². The van der Waals surface area contributed by atoms with Gasteiger partial charge >= 0.3 is 12.4 Å². The highest BCUT2D eigenvalue weighted by Crippen LogP contribution is 2.22. The molecule has 0 bridgehead atoms. The van der Waals surface area contributed by atoms with Crippen LogP contribution < -0.4 is 4.74 Å². The third-order valence-corrected chi connectivity index (χ3v) is 4.85. The zero-order valence-electron chi connectivity index (χ0n) is 16.5. The van der Waals surface area contributed by atoms with Crippen molar-refractivity contribution >= 4 is 24.1 Å². The lowest BCUT2D eigenvalue weighted by molar-refractivity contribution is -0.146. The van der Waals surface area contributed by atoms with E-state index in [1.807, 2.05) is 24.3 Å². The Bertz CT molecular complexity index is 830. The van der Waals surface area contributed by atoms with Gasteiger partial charge in [0.15, 0.2) is 0 Å². The van der Waals surface area contributed by atoms with Gasteiger partial charge in [0.1, 0.15) is 5.75 Å². The molecule has 3 rings (SSSR count). The fraction of sp³-hybridized carbons (Fsp3) is 0.348. The third kappa shape index (κ3) is 6.54. The van der Waals surface area contributed by atoms with E-state index in [-0.39, 0.29) is 12.0 Å². The summed E-state index contributed by atoms with van der Waals surface area (Å²) in [5.41, 5.74) is 1.61. The molecular weight excluding hydrogens is 368 g/mol. The number of rotatable bonds is 9. The van der Waals surface area contributed by atoms with E-state index in [1.165, 1.54) is 32.4 Å². The maximum atomic E-state index is 12.2. The number of hydrogen-bond donors (Lipinski definition) is 0. The van der Waals surface area contributed by atoms with Gasteiger partial charge in [0, 0.05) is 24.5 Å². The van der Waals surface area contributed by atoms with Crippen LogP contribution in [0.25, 0.3) is 11.6 Å². The van der Waals surface area contributed by atoms with Crippen LogP contribution in [0.5, 0.6) is 5.75 Å². The van der Waals surface area contributed by atoms with Gasteiger partial charge in [0.05, 0.1) is 12.2 Å². The maximum Gasteiger partial charge on any atom is 0.346 e. The van der Waals surface area contributed by atoms with Crippen molar-refractivity contribution in [3.8, 4) is 5.75 Å². The fourth-order valence-corrected chi connectivity index (χ4v) is 3.41. The quantitative estimate of drug-likeness (QED) is 0.213. The van der Waals surface area contributed by atoms with Gasteiger partial charge in [-0.3, -0.25) is 9.78 Å². The minimum absolute atomic E-state index is 0.133. The maximum absolute atomic E-state index is 12.2. The monoisotopic (exact) mass is 394 g/mol. The molecule has 2 aromatic rings. The average molecular weight is 394 g/mol. The van der Waals surface area contributed by atoms with Crippen LogP contribution in [0, 0.1) is 0 Å². The number of benzene rings is 1. The number of likely N-dealkylation sites (tertiary alicyclic amines) is 1. The number of pyridine rings is 1. The molecule has 0 N–H and O–H groups in total. The van der Waals surface area contributed by atoms with E-state index in [9.17, 15) is 9.59 Å². The molecule has 6 heteroatoms.